The molecule has 34 heavy (non-hydrogen) atoms. The zero-order chi connectivity index (χ0) is 22.9. The molecule has 3 aromatic carbocycles. The molecule has 0 unspecified atom stereocenters. The Morgan fingerprint density at radius 2 is 1.76 bits per heavy atom. The van der Waals surface area contributed by atoms with Gasteiger partial charge in [-0.3, -0.25) is 4.79 Å². The molecule has 2 aromatic heterocycles. The summed E-state index contributed by atoms with van der Waals surface area (Å²) in [7, 11) is 1.63. The highest BCUT2D eigenvalue weighted by atomic mass is 16.6. The molecule has 1 saturated heterocycles. The van der Waals surface area contributed by atoms with E-state index in [2.05, 4.69) is 38.7 Å². The smallest absolute Gasteiger partial charge is 0.252 e. The molecule has 0 saturated carbocycles. The third kappa shape index (κ3) is 1.92. The largest absolute Gasteiger partial charge is 0.390 e. The third-order valence-electron chi connectivity index (χ3n) is 8.20. The first kappa shape index (κ1) is 19.0. The molecule has 7 heteroatoms. The number of carbonyl (C=O) groups excluding carboxylic acids is 1. The number of fused-ring (bicyclic) bond motifs is 13. The fourth-order valence-electron chi connectivity index (χ4n) is 7.03. The van der Waals surface area contributed by atoms with E-state index < -0.39 is 24.2 Å². The average molecular weight is 453 g/mol. The van der Waals surface area contributed by atoms with Gasteiger partial charge in [0.15, 0.2) is 5.72 Å². The zero-order valence-corrected chi connectivity index (χ0v) is 18.8. The van der Waals surface area contributed by atoms with Gasteiger partial charge in [0.25, 0.3) is 5.91 Å². The molecule has 5 heterocycles. The van der Waals surface area contributed by atoms with Crippen LogP contribution in [0.3, 0.4) is 0 Å². The van der Waals surface area contributed by atoms with Gasteiger partial charge >= 0.3 is 0 Å². The molecule has 1 amide bonds. The first-order chi connectivity index (χ1) is 16.5. The standard InChI is InChI=1S/C27H23N3O4/c1-27-25(33-2)18(31)11-19(34-27)29-16-9-5-3-7-13(16)21-22-15(12-28-26(22)32)20-14-8-4-6-10-17(14)30(27)24(20)23(21)29/h3-10,18-19,25,31H,11-12H2,1-2H3,(H,28,32)/t18-,19-,25-,27+/m0/s1. The van der Waals surface area contributed by atoms with Crippen LogP contribution in [0, 0.1) is 0 Å². The van der Waals surface area contributed by atoms with Gasteiger partial charge in [0.1, 0.15) is 12.3 Å². The van der Waals surface area contributed by atoms with E-state index >= 15 is 0 Å². The maximum absolute atomic E-state index is 13.2. The van der Waals surface area contributed by atoms with Crippen LogP contribution in [0.1, 0.15) is 35.5 Å². The second kappa shape index (κ2) is 5.99. The van der Waals surface area contributed by atoms with Gasteiger partial charge in [-0.2, -0.15) is 0 Å². The first-order valence-corrected chi connectivity index (χ1v) is 11.7. The Kier molecular flexibility index (Phi) is 3.34. The van der Waals surface area contributed by atoms with Crippen molar-refractivity contribution in [3.8, 4) is 0 Å². The predicted octanol–water partition coefficient (Wildman–Crippen LogP) is 4.13. The summed E-state index contributed by atoms with van der Waals surface area (Å²) in [6.07, 6.45) is -1.28. The number of aliphatic hydroxyl groups excluding tert-OH is 1. The minimum atomic E-state index is -0.949. The number of para-hydroxylation sites is 2. The minimum absolute atomic E-state index is 0.0363. The SMILES string of the molecule is CO[C@H]1[C@@H](O)C[C@@H]2O[C@@]1(C)n1c3ccccc3c3c4c(c5c6ccccc6n2c5c31)C(=O)NC4. The Balaban J connectivity index is 1.75. The van der Waals surface area contributed by atoms with Gasteiger partial charge in [-0.05, 0) is 24.6 Å². The number of nitrogens with one attached hydrogen (secondary N) is 1. The molecular formula is C27H23N3O4. The molecule has 4 atom stereocenters. The van der Waals surface area contributed by atoms with Gasteiger partial charge in [-0.25, -0.2) is 0 Å². The van der Waals surface area contributed by atoms with Crippen molar-refractivity contribution < 1.29 is 19.4 Å². The lowest BCUT2D eigenvalue weighted by Crippen LogP contribution is -2.56. The van der Waals surface area contributed by atoms with Crippen LogP contribution in [0.25, 0.3) is 43.6 Å². The lowest BCUT2D eigenvalue weighted by Gasteiger charge is -2.46. The number of aliphatic hydroxyl groups is 1. The Morgan fingerprint density at radius 1 is 1.06 bits per heavy atom. The highest BCUT2D eigenvalue weighted by Gasteiger charge is 2.53. The monoisotopic (exact) mass is 453 g/mol. The summed E-state index contributed by atoms with van der Waals surface area (Å²) in [5, 5.41) is 18.5. The van der Waals surface area contributed by atoms with Crippen LogP contribution in [-0.2, 0) is 21.7 Å². The van der Waals surface area contributed by atoms with E-state index in [0.29, 0.717) is 13.0 Å². The Bertz CT molecular complexity index is 1730. The highest BCUT2D eigenvalue weighted by molar-refractivity contribution is 6.31. The number of benzene rings is 3. The number of ether oxygens (including phenoxy) is 2. The summed E-state index contributed by atoms with van der Waals surface area (Å²) in [6, 6.07) is 16.4. The molecule has 170 valence electrons. The fourth-order valence-corrected chi connectivity index (χ4v) is 7.03. The molecule has 3 aliphatic heterocycles. The summed E-state index contributed by atoms with van der Waals surface area (Å²) in [6.45, 7) is 2.50. The summed E-state index contributed by atoms with van der Waals surface area (Å²) < 4.78 is 17.2. The van der Waals surface area contributed by atoms with E-state index in [-0.39, 0.29) is 5.91 Å². The van der Waals surface area contributed by atoms with Crippen molar-refractivity contribution >= 4 is 49.5 Å². The van der Waals surface area contributed by atoms with Gasteiger partial charge in [0.2, 0.25) is 0 Å². The second-order valence-electron chi connectivity index (χ2n) is 9.81. The molecule has 3 aliphatic rings. The second-order valence-corrected chi connectivity index (χ2v) is 9.81. The number of rotatable bonds is 1. The molecule has 7 nitrogen and oxygen atoms in total. The van der Waals surface area contributed by atoms with Crippen LogP contribution in [-0.4, -0.2) is 39.5 Å². The van der Waals surface area contributed by atoms with E-state index in [1.54, 1.807) is 7.11 Å². The van der Waals surface area contributed by atoms with Crippen LogP contribution in [0.2, 0.25) is 0 Å². The van der Waals surface area contributed by atoms with E-state index in [1.165, 1.54) is 0 Å². The van der Waals surface area contributed by atoms with Crippen LogP contribution < -0.4 is 5.32 Å². The fraction of sp³-hybridized carbons (Fsp3) is 0.296. The van der Waals surface area contributed by atoms with Crippen molar-refractivity contribution in [1.29, 1.82) is 0 Å². The van der Waals surface area contributed by atoms with Gasteiger partial charge in [-0.1, -0.05) is 36.4 Å². The van der Waals surface area contributed by atoms with Crippen LogP contribution in [0.4, 0.5) is 0 Å². The van der Waals surface area contributed by atoms with E-state index in [1.807, 2.05) is 31.2 Å². The number of hydrogen-bond donors (Lipinski definition) is 2. The zero-order valence-electron chi connectivity index (χ0n) is 18.8. The molecule has 8 rings (SSSR count). The summed E-state index contributed by atoms with van der Waals surface area (Å²) in [4.78, 5) is 13.2. The maximum Gasteiger partial charge on any atom is 0.252 e. The summed E-state index contributed by atoms with van der Waals surface area (Å²) in [5.41, 5.74) is 4.86. The van der Waals surface area contributed by atoms with E-state index in [0.717, 1.165) is 54.7 Å². The number of amides is 1. The number of aromatic nitrogens is 2. The lowest BCUT2D eigenvalue weighted by molar-refractivity contribution is -0.278. The first-order valence-electron chi connectivity index (χ1n) is 11.7. The molecule has 0 radical (unpaired) electrons. The predicted molar refractivity (Wildman–Crippen MR) is 129 cm³/mol. The van der Waals surface area contributed by atoms with Crippen molar-refractivity contribution in [3.63, 3.8) is 0 Å². The molecular weight excluding hydrogens is 430 g/mol. The van der Waals surface area contributed by atoms with Crippen molar-refractivity contribution in [2.24, 2.45) is 0 Å². The molecule has 0 spiro atoms. The summed E-state index contributed by atoms with van der Waals surface area (Å²) in [5.74, 6) is -0.0363. The van der Waals surface area contributed by atoms with Crippen molar-refractivity contribution in [2.45, 2.75) is 44.1 Å². The number of nitrogens with zero attached hydrogens (tertiary/aromatic N) is 2. The Morgan fingerprint density at radius 3 is 2.53 bits per heavy atom. The number of carbonyl (C=O) groups is 1. The van der Waals surface area contributed by atoms with Crippen molar-refractivity contribution in [1.82, 2.24) is 14.5 Å². The average Bonchev–Trinajstić information content (AvgIpc) is 3.46. The molecule has 1 fully saturated rings. The number of methoxy groups -OCH3 is 1. The normalized spacial score (nSPS) is 27.7. The van der Waals surface area contributed by atoms with Gasteiger partial charge in [0, 0.05) is 41.6 Å². The topological polar surface area (TPSA) is 77.7 Å². The van der Waals surface area contributed by atoms with Crippen LogP contribution in [0.15, 0.2) is 48.5 Å². The Hall–Kier alpha value is -3.39. The molecule has 5 aromatic rings. The molecule has 2 bridgehead atoms. The van der Waals surface area contributed by atoms with Gasteiger partial charge in [0.05, 0.1) is 33.7 Å². The van der Waals surface area contributed by atoms with Crippen molar-refractivity contribution in [2.75, 3.05) is 7.11 Å². The minimum Gasteiger partial charge on any atom is -0.390 e. The van der Waals surface area contributed by atoms with Crippen molar-refractivity contribution in [3.05, 3.63) is 59.7 Å². The van der Waals surface area contributed by atoms with Gasteiger partial charge in [-0.15, -0.1) is 0 Å². The number of hydrogen-bond acceptors (Lipinski definition) is 4. The van der Waals surface area contributed by atoms with Crippen LogP contribution >= 0.6 is 0 Å². The van der Waals surface area contributed by atoms with E-state index in [9.17, 15) is 9.90 Å². The molecule has 2 N–H and O–H groups in total. The molecule has 0 aliphatic carbocycles. The lowest BCUT2D eigenvalue weighted by atomic mass is 9.95. The van der Waals surface area contributed by atoms with E-state index in [4.69, 9.17) is 9.47 Å². The van der Waals surface area contributed by atoms with Gasteiger partial charge < -0.3 is 29.0 Å². The summed E-state index contributed by atoms with van der Waals surface area (Å²) >= 11 is 0. The quantitative estimate of drug-likeness (QED) is 0.400. The Labute approximate surface area is 194 Å². The highest BCUT2D eigenvalue weighted by Crippen LogP contribution is 2.53. The third-order valence-corrected chi connectivity index (χ3v) is 8.20. The van der Waals surface area contributed by atoms with Crippen LogP contribution in [0.5, 0.6) is 0 Å². The maximum atomic E-state index is 13.2.